The first-order valence-electron chi connectivity index (χ1n) is 10.5. The van der Waals surface area contributed by atoms with E-state index in [1.54, 1.807) is 18.5 Å². The molecule has 1 saturated heterocycles. The zero-order valence-electron chi connectivity index (χ0n) is 17.4. The van der Waals surface area contributed by atoms with Crippen molar-refractivity contribution in [3.8, 4) is 17.1 Å². The van der Waals surface area contributed by atoms with Gasteiger partial charge >= 0.3 is 0 Å². The third kappa shape index (κ3) is 3.94. The third-order valence-electron chi connectivity index (χ3n) is 5.67. The van der Waals surface area contributed by atoms with Crippen molar-refractivity contribution < 1.29 is 13.9 Å². The molecule has 8 nitrogen and oxygen atoms in total. The Hall–Kier alpha value is -3.52. The molecule has 0 spiro atoms. The maximum atomic E-state index is 12.9. The molecule has 0 unspecified atom stereocenters. The summed E-state index contributed by atoms with van der Waals surface area (Å²) in [5.74, 6) is 1.40. The van der Waals surface area contributed by atoms with E-state index in [0.29, 0.717) is 18.1 Å². The van der Waals surface area contributed by atoms with Crippen LogP contribution in [0.4, 0.5) is 17.1 Å². The molecule has 160 valence electrons. The number of hydrogen-bond acceptors (Lipinski definition) is 7. The van der Waals surface area contributed by atoms with E-state index in [1.165, 1.54) is 0 Å². The second kappa shape index (κ2) is 8.31. The van der Waals surface area contributed by atoms with Crippen molar-refractivity contribution in [2.45, 2.75) is 0 Å². The molecule has 3 aromatic rings. The molecule has 0 saturated carbocycles. The van der Waals surface area contributed by atoms with Crippen LogP contribution in [0.25, 0.3) is 11.3 Å². The molecule has 1 amide bonds. The van der Waals surface area contributed by atoms with E-state index in [4.69, 9.17) is 9.15 Å². The van der Waals surface area contributed by atoms with Gasteiger partial charge in [-0.2, -0.15) is 0 Å². The number of carbonyl (C=O) groups excluding carboxylic acids is 1. The Bertz CT molecular complexity index is 1090. The predicted molar refractivity (Wildman–Crippen MR) is 120 cm³/mol. The quantitative estimate of drug-likeness (QED) is 0.673. The van der Waals surface area contributed by atoms with Crippen LogP contribution in [0.1, 0.15) is 10.6 Å². The number of fused-ring (bicyclic) bond motifs is 1. The van der Waals surface area contributed by atoms with E-state index in [2.05, 4.69) is 25.4 Å². The smallest absolute Gasteiger partial charge is 0.291 e. The zero-order valence-corrected chi connectivity index (χ0v) is 17.4. The van der Waals surface area contributed by atoms with Gasteiger partial charge in [0.05, 0.1) is 29.8 Å². The molecule has 2 aliphatic rings. The molecule has 5 rings (SSSR count). The second-order valence-corrected chi connectivity index (χ2v) is 7.70. The highest BCUT2D eigenvalue weighted by atomic mass is 16.5. The summed E-state index contributed by atoms with van der Waals surface area (Å²) in [5, 5.41) is 6.30. The molecule has 1 fully saturated rings. The fraction of sp³-hybridized carbons (Fsp3) is 0.304. The number of aromatic nitrogens is 1. The number of benzene rings is 1. The summed E-state index contributed by atoms with van der Waals surface area (Å²) in [6.45, 7) is 5.11. The van der Waals surface area contributed by atoms with E-state index in [9.17, 15) is 4.79 Å². The lowest BCUT2D eigenvalue weighted by molar-refractivity contribution is 0.0997. The van der Waals surface area contributed by atoms with Crippen LogP contribution < -0.4 is 25.2 Å². The van der Waals surface area contributed by atoms with Crippen molar-refractivity contribution in [3.05, 3.63) is 54.6 Å². The van der Waals surface area contributed by atoms with E-state index in [1.807, 2.05) is 37.4 Å². The third-order valence-corrected chi connectivity index (χ3v) is 5.67. The summed E-state index contributed by atoms with van der Waals surface area (Å²) in [6.07, 6.45) is 3.42. The van der Waals surface area contributed by atoms with Gasteiger partial charge in [0.1, 0.15) is 18.1 Å². The van der Waals surface area contributed by atoms with Gasteiger partial charge in [-0.15, -0.1) is 0 Å². The maximum absolute atomic E-state index is 12.9. The standard InChI is InChI=1S/C23H25N5O3/c1-27-12-13-30-22-14-16(2-3-19(22)27)20-4-5-21(31-20)23(29)26-17-15-25-7-6-18(17)28-10-8-24-9-11-28/h2-7,14-15,24H,8-13H2,1H3,(H,26,29). The summed E-state index contributed by atoms with van der Waals surface area (Å²) < 4.78 is 11.7. The lowest BCUT2D eigenvalue weighted by Crippen LogP contribution is -2.43. The minimum atomic E-state index is -0.301. The Morgan fingerprint density at radius 2 is 1.97 bits per heavy atom. The molecule has 2 aromatic heterocycles. The molecule has 0 atom stereocenters. The van der Waals surface area contributed by atoms with E-state index in [-0.39, 0.29) is 11.7 Å². The van der Waals surface area contributed by atoms with Crippen molar-refractivity contribution in [3.63, 3.8) is 0 Å². The van der Waals surface area contributed by atoms with E-state index >= 15 is 0 Å². The highest BCUT2D eigenvalue weighted by molar-refractivity contribution is 6.04. The number of anilines is 3. The topological polar surface area (TPSA) is 82.9 Å². The monoisotopic (exact) mass is 419 g/mol. The molecule has 4 heterocycles. The fourth-order valence-electron chi connectivity index (χ4n) is 3.98. The Balaban J connectivity index is 1.35. The highest BCUT2D eigenvalue weighted by Crippen LogP contribution is 2.35. The number of pyridine rings is 1. The zero-order chi connectivity index (χ0) is 21.2. The van der Waals surface area contributed by atoms with Crippen LogP contribution in [0.15, 0.2) is 53.2 Å². The van der Waals surface area contributed by atoms with Gasteiger partial charge in [0.15, 0.2) is 5.76 Å². The van der Waals surface area contributed by atoms with Crippen LogP contribution >= 0.6 is 0 Å². The number of amides is 1. The second-order valence-electron chi connectivity index (χ2n) is 7.70. The average molecular weight is 419 g/mol. The Kier molecular flexibility index (Phi) is 5.21. The number of piperazine rings is 1. The number of rotatable bonds is 4. The molecule has 2 N–H and O–H groups in total. The summed E-state index contributed by atoms with van der Waals surface area (Å²) in [5.41, 5.74) is 3.57. The van der Waals surface area contributed by atoms with Crippen LogP contribution in [0.3, 0.4) is 0 Å². The molecule has 8 heteroatoms. The summed E-state index contributed by atoms with van der Waals surface area (Å²) in [6, 6.07) is 11.4. The molecule has 1 aromatic carbocycles. The van der Waals surface area contributed by atoms with Gasteiger partial charge in [-0.1, -0.05) is 0 Å². The Morgan fingerprint density at radius 3 is 2.84 bits per heavy atom. The first-order valence-corrected chi connectivity index (χ1v) is 10.5. The van der Waals surface area contributed by atoms with Gasteiger partial charge < -0.3 is 29.6 Å². The SMILES string of the molecule is CN1CCOc2cc(-c3ccc(C(=O)Nc4cnccc4N4CCNCC4)o3)ccc21. The van der Waals surface area contributed by atoms with Crippen LogP contribution in [0.5, 0.6) is 5.75 Å². The highest BCUT2D eigenvalue weighted by Gasteiger charge is 2.20. The summed E-state index contributed by atoms with van der Waals surface area (Å²) in [4.78, 5) is 21.5. The summed E-state index contributed by atoms with van der Waals surface area (Å²) >= 11 is 0. The number of hydrogen-bond donors (Lipinski definition) is 2. The number of furan rings is 1. The number of ether oxygens (including phenoxy) is 1. The largest absolute Gasteiger partial charge is 0.490 e. The van der Waals surface area contributed by atoms with E-state index < -0.39 is 0 Å². The molecular formula is C23H25N5O3. The maximum Gasteiger partial charge on any atom is 0.291 e. The van der Waals surface area contributed by atoms with Crippen LogP contribution in [-0.2, 0) is 0 Å². The minimum Gasteiger partial charge on any atom is -0.490 e. The van der Waals surface area contributed by atoms with Crippen LogP contribution in [0.2, 0.25) is 0 Å². The number of likely N-dealkylation sites (N-methyl/N-ethyl adjacent to an activating group) is 1. The van der Waals surface area contributed by atoms with Crippen molar-refractivity contribution >= 4 is 23.0 Å². The molecule has 0 bridgehead atoms. The Morgan fingerprint density at radius 1 is 1.10 bits per heavy atom. The van der Waals surface area contributed by atoms with E-state index in [0.717, 1.165) is 55.4 Å². The minimum absolute atomic E-state index is 0.251. The molecule has 0 radical (unpaired) electrons. The number of nitrogens with one attached hydrogen (secondary N) is 2. The van der Waals surface area contributed by atoms with Crippen molar-refractivity contribution in [1.82, 2.24) is 10.3 Å². The summed E-state index contributed by atoms with van der Waals surface area (Å²) in [7, 11) is 2.05. The predicted octanol–water partition coefficient (Wildman–Crippen LogP) is 2.83. The van der Waals surface area contributed by atoms with Gasteiger partial charge in [0.25, 0.3) is 5.91 Å². The van der Waals surface area contributed by atoms with Gasteiger partial charge in [-0.05, 0) is 36.4 Å². The Labute approximate surface area is 180 Å². The van der Waals surface area contributed by atoms with Gasteiger partial charge in [0.2, 0.25) is 0 Å². The normalized spacial score (nSPS) is 15.9. The first kappa shape index (κ1) is 19.4. The van der Waals surface area contributed by atoms with Crippen molar-refractivity contribution in [2.75, 3.05) is 61.5 Å². The van der Waals surface area contributed by atoms with Gasteiger partial charge in [0, 0.05) is 45.0 Å². The number of nitrogens with zero attached hydrogens (tertiary/aromatic N) is 3. The van der Waals surface area contributed by atoms with Crippen molar-refractivity contribution in [2.24, 2.45) is 0 Å². The average Bonchev–Trinajstić information content (AvgIpc) is 3.31. The van der Waals surface area contributed by atoms with Crippen LogP contribution in [-0.4, -0.2) is 57.3 Å². The first-order chi connectivity index (χ1) is 15.2. The fourth-order valence-corrected chi connectivity index (χ4v) is 3.98. The van der Waals surface area contributed by atoms with Crippen LogP contribution in [0, 0.1) is 0 Å². The molecule has 0 aliphatic carbocycles. The molecule has 2 aliphatic heterocycles. The van der Waals surface area contributed by atoms with Crippen molar-refractivity contribution in [1.29, 1.82) is 0 Å². The molecular weight excluding hydrogens is 394 g/mol. The molecule has 31 heavy (non-hydrogen) atoms. The lowest BCUT2D eigenvalue weighted by Gasteiger charge is -2.30. The lowest BCUT2D eigenvalue weighted by atomic mass is 10.1. The van der Waals surface area contributed by atoms with Gasteiger partial charge in [-0.3, -0.25) is 9.78 Å². The number of carbonyl (C=O) groups is 1. The van der Waals surface area contributed by atoms with Gasteiger partial charge in [-0.25, -0.2) is 0 Å².